The van der Waals surface area contributed by atoms with Gasteiger partial charge < -0.3 is 26.2 Å². The highest BCUT2D eigenvalue weighted by Gasteiger charge is 2.30. The molecule has 0 aliphatic heterocycles. The van der Waals surface area contributed by atoms with Crippen molar-refractivity contribution < 1.29 is 29.0 Å². The number of esters is 1. The lowest BCUT2D eigenvalue weighted by Crippen LogP contribution is -2.56. The minimum Gasteiger partial charge on any atom is -0.508 e. The Balaban J connectivity index is 2.98. The maximum Gasteiger partial charge on any atom is 0.317 e. The van der Waals surface area contributed by atoms with Gasteiger partial charge in [0.15, 0.2) is 5.78 Å². The first-order chi connectivity index (χ1) is 14.0. The number of aromatic hydroxyl groups is 1. The first kappa shape index (κ1) is 25.1. The van der Waals surface area contributed by atoms with Crippen LogP contribution in [0, 0.1) is 12.3 Å². The van der Waals surface area contributed by atoms with Gasteiger partial charge in [0.2, 0.25) is 11.8 Å². The SMILES string of the molecule is CCOC(=O)[CH]C(=O)[C@@H](NC(=O)[C@H](Cc1ccc(O)cc1)NC(=O)[C@H](C)N)C(C)C. The summed E-state index contributed by atoms with van der Waals surface area (Å²) in [5.41, 5.74) is 6.28. The predicted octanol–water partition coefficient (Wildman–Crippen LogP) is 0.244. The van der Waals surface area contributed by atoms with E-state index in [0.717, 1.165) is 6.42 Å². The van der Waals surface area contributed by atoms with E-state index in [2.05, 4.69) is 10.6 Å². The van der Waals surface area contributed by atoms with E-state index in [1.54, 1.807) is 32.9 Å². The van der Waals surface area contributed by atoms with Crippen LogP contribution in [0.4, 0.5) is 0 Å². The second-order valence-corrected chi connectivity index (χ2v) is 7.25. The largest absolute Gasteiger partial charge is 0.508 e. The molecule has 1 aromatic carbocycles. The molecule has 9 heteroatoms. The van der Waals surface area contributed by atoms with Crippen LogP contribution in [-0.2, 0) is 30.3 Å². The summed E-state index contributed by atoms with van der Waals surface area (Å²) in [6.45, 7) is 6.67. The standard InChI is InChI=1S/C21H30N3O6/c1-5-30-18(27)11-17(26)19(12(2)3)24-21(29)16(23-20(28)13(4)22)10-14-6-8-15(25)9-7-14/h6-9,11-13,16,19,25H,5,10,22H2,1-4H3,(H,23,28)(H,24,29)/t13-,16-,19-/m0/s1. The van der Waals surface area contributed by atoms with Crippen molar-refractivity contribution in [1.82, 2.24) is 10.6 Å². The van der Waals surface area contributed by atoms with E-state index in [-0.39, 0.29) is 24.7 Å². The third-order valence-corrected chi connectivity index (χ3v) is 4.24. The number of hydrogen-bond donors (Lipinski definition) is 4. The Kier molecular flexibility index (Phi) is 9.97. The summed E-state index contributed by atoms with van der Waals surface area (Å²) in [4.78, 5) is 49.0. The van der Waals surface area contributed by atoms with Crippen molar-refractivity contribution in [3.63, 3.8) is 0 Å². The second-order valence-electron chi connectivity index (χ2n) is 7.25. The number of hydrogen-bond acceptors (Lipinski definition) is 7. The summed E-state index contributed by atoms with van der Waals surface area (Å²) in [6, 6.07) is 3.35. The fourth-order valence-corrected chi connectivity index (χ4v) is 2.59. The van der Waals surface area contributed by atoms with Crippen molar-refractivity contribution in [2.24, 2.45) is 11.7 Å². The molecule has 9 nitrogen and oxygen atoms in total. The maximum atomic E-state index is 12.9. The molecule has 0 aromatic heterocycles. The van der Waals surface area contributed by atoms with Crippen LogP contribution < -0.4 is 16.4 Å². The van der Waals surface area contributed by atoms with E-state index < -0.39 is 41.7 Å². The van der Waals surface area contributed by atoms with E-state index in [1.165, 1.54) is 19.1 Å². The molecule has 0 saturated heterocycles. The van der Waals surface area contributed by atoms with Crippen LogP contribution in [0.1, 0.15) is 33.3 Å². The molecular weight excluding hydrogens is 390 g/mol. The lowest BCUT2D eigenvalue weighted by molar-refractivity contribution is -0.141. The average Bonchev–Trinajstić information content (AvgIpc) is 2.66. The highest BCUT2D eigenvalue weighted by atomic mass is 16.5. The Labute approximate surface area is 176 Å². The topological polar surface area (TPSA) is 148 Å². The highest BCUT2D eigenvalue weighted by molar-refractivity contribution is 6.10. The van der Waals surface area contributed by atoms with Crippen molar-refractivity contribution in [1.29, 1.82) is 0 Å². The zero-order valence-corrected chi connectivity index (χ0v) is 17.7. The van der Waals surface area contributed by atoms with Crippen molar-refractivity contribution in [2.75, 3.05) is 6.61 Å². The van der Waals surface area contributed by atoms with Crippen LogP contribution in [0.15, 0.2) is 24.3 Å². The van der Waals surface area contributed by atoms with Crippen molar-refractivity contribution in [2.45, 2.75) is 52.2 Å². The normalized spacial score (nSPS) is 13.8. The molecule has 0 heterocycles. The average molecular weight is 420 g/mol. The molecule has 5 N–H and O–H groups in total. The van der Waals surface area contributed by atoms with Crippen molar-refractivity contribution in [3.8, 4) is 5.75 Å². The molecule has 3 atom stereocenters. The molecule has 0 aliphatic rings. The molecule has 0 saturated carbocycles. The van der Waals surface area contributed by atoms with Gasteiger partial charge in [0.25, 0.3) is 0 Å². The highest BCUT2D eigenvalue weighted by Crippen LogP contribution is 2.12. The lowest BCUT2D eigenvalue weighted by Gasteiger charge is -2.25. The monoisotopic (exact) mass is 420 g/mol. The zero-order chi connectivity index (χ0) is 22.8. The van der Waals surface area contributed by atoms with Gasteiger partial charge in [0.05, 0.1) is 18.7 Å². The fourth-order valence-electron chi connectivity index (χ4n) is 2.59. The van der Waals surface area contributed by atoms with E-state index in [1.807, 2.05) is 0 Å². The van der Waals surface area contributed by atoms with Crippen molar-refractivity contribution in [3.05, 3.63) is 36.2 Å². The Morgan fingerprint density at radius 3 is 2.17 bits per heavy atom. The van der Waals surface area contributed by atoms with E-state index in [4.69, 9.17) is 10.5 Å². The van der Waals surface area contributed by atoms with Crippen molar-refractivity contribution >= 4 is 23.6 Å². The minimum atomic E-state index is -1.01. The summed E-state index contributed by atoms with van der Waals surface area (Å²) in [5, 5.41) is 14.6. The first-order valence-corrected chi connectivity index (χ1v) is 9.74. The number of nitrogens with two attached hydrogens (primary N) is 1. The molecular formula is C21H30N3O6. The lowest BCUT2D eigenvalue weighted by atomic mass is 9.96. The van der Waals surface area contributed by atoms with E-state index in [9.17, 15) is 24.3 Å². The molecule has 2 amide bonds. The minimum absolute atomic E-state index is 0.0688. The number of ether oxygens (including phenoxy) is 1. The van der Waals surface area contributed by atoms with Gasteiger partial charge in [-0.3, -0.25) is 19.2 Å². The third kappa shape index (κ3) is 8.20. The Morgan fingerprint density at radius 1 is 1.07 bits per heavy atom. The number of carbonyl (C=O) groups excluding carboxylic acids is 4. The number of phenolic OH excluding ortho intramolecular Hbond substituents is 1. The number of nitrogens with one attached hydrogen (secondary N) is 2. The third-order valence-electron chi connectivity index (χ3n) is 4.24. The Morgan fingerprint density at radius 2 is 1.67 bits per heavy atom. The molecule has 0 unspecified atom stereocenters. The van der Waals surface area contributed by atoms with Gasteiger partial charge in [-0.15, -0.1) is 0 Å². The quantitative estimate of drug-likeness (QED) is 0.296. The van der Waals surface area contributed by atoms with Crippen LogP contribution >= 0.6 is 0 Å². The number of ketones is 1. The summed E-state index contributed by atoms with van der Waals surface area (Å²) in [5.74, 6) is -2.75. The summed E-state index contributed by atoms with van der Waals surface area (Å²) >= 11 is 0. The number of rotatable bonds is 11. The van der Waals surface area contributed by atoms with Crippen LogP contribution in [0.3, 0.4) is 0 Å². The van der Waals surface area contributed by atoms with Crippen LogP contribution in [-0.4, -0.2) is 53.4 Å². The molecule has 1 radical (unpaired) electrons. The summed E-state index contributed by atoms with van der Waals surface area (Å²) in [7, 11) is 0. The van der Waals surface area contributed by atoms with Gasteiger partial charge >= 0.3 is 5.97 Å². The molecule has 0 fully saturated rings. The summed E-state index contributed by atoms with van der Waals surface area (Å²) in [6.07, 6.45) is 0.926. The zero-order valence-electron chi connectivity index (χ0n) is 17.7. The van der Waals surface area contributed by atoms with Gasteiger partial charge in [-0.2, -0.15) is 0 Å². The van der Waals surface area contributed by atoms with Gasteiger partial charge in [-0.05, 0) is 37.5 Å². The number of amides is 2. The Hall–Kier alpha value is -2.94. The fraction of sp³-hybridized carbons (Fsp3) is 0.476. The molecule has 1 rings (SSSR count). The molecule has 1 aromatic rings. The Bertz CT molecular complexity index is 746. The number of Topliss-reactive ketones (excluding diaryl/α,β-unsaturated/α-hetero) is 1. The number of carbonyl (C=O) groups is 4. The smallest absolute Gasteiger partial charge is 0.317 e. The van der Waals surface area contributed by atoms with Gasteiger partial charge in [-0.25, -0.2) is 0 Å². The van der Waals surface area contributed by atoms with Gasteiger partial charge in [0, 0.05) is 6.42 Å². The molecule has 30 heavy (non-hydrogen) atoms. The maximum absolute atomic E-state index is 12.9. The predicted molar refractivity (Wildman–Crippen MR) is 110 cm³/mol. The van der Waals surface area contributed by atoms with Crippen LogP contribution in [0.25, 0.3) is 0 Å². The molecule has 0 aliphatic carbocycles. The van der Waals surface area contributed by atoms with E-state index >= 15 is 0 Å². The van der Waals surface area contributed by atoms with Gasteiger partial charge in [-0.1, -0.05) is 26.0 Å². The molecule has 0 bridgehead atoms. The van der Waals surface area contributed by atoms with Crippen LogP contribution in [0.5, 0.6) is 5.75 Å². The molecule has 165 valence electrons. The number of benzene rings is 1. The number of phenols is 1. The van der Waals surface area contributed by atoms with Crippen LogP contribution in [0.2, 0.25) is 0 Å². The second kappa shape index (κ2) is 11.9. The van der Waals surface area contributed by atoms with Gasteiger partial charge in [0.1, 0.15) is 18.2 Å². The summed E-state index contributed by atoms with van der Waals surface area (Å²) < 4.78 is 4.74. The first-order valence-electron chi connectivity index (χ1n) is 9.74. The molecule has 0 spiro atoms. The van der Waals surface area contributed by atoms with E-state index in [0.29, 0.717) is 5.56 Å².